The number of ether oxygens (including phenoxy) is 1. The van der Waals surface area contributed by atoms with Crippen LogP contribution in [0.15, 0.2) is 46.7 Å². The van der Waals surface area contributed by atoms with E-state index < -0.39 is 0 Å². The molecule has 3 N–H and O–H groups in total. The van der Waals surface area contributed by atoms with Crippen molar-refractivity contribution in [2.45, 2.75) is 10.8 Å². The third-order valence-electron chi connectivity index (χ3n) is 2.75. The maximum atomic E-state index is 8.82. The molecule has 1 aromatic carbocycles. The van der Waals surface area contributed by atoms with Gasteiger partial charge >= 0.3 is 0 Å². The summed E-state index contributed by atoms with van der Waals surface area (Å²) >= 11 is 7.58. The molecule has 0 bridgehead atoms. The van der Waals surface area contributed by atoms with Crippen molar-refractivity contribution in [2.75, 3.05) is 7.11 Å². The fourth-order valence-electron chi connectivity index (χ4n) is 1.73. The van der Waals surface area contributed by atoms with E-state index >= 15 is 0 Å². The summed E-state index contributed by atoms with van der Waals surface area (Å²) in [6, 6.07) is 9.10. The smallest absolute Gasteiger partial charge is 0.173 e. The maximum absolute atomic E-state index is 8.82. The van der Waals surface area contributed by atoms with E-state index in [-0.39, 0.29) is 5.84 Å². The molecule has 21 heavy (non-hydrogen) atoms. The second-order valence-corrected chi connectivity index (χ2v) is 5.47. The molecule has 2 aromatic rings. The number of nitrogens with zero attached hydrogens (tertiary/aromatic N) is 2. The van der Waals surface area contributed by atoms with E-state index in [0.29, 0.717) is 22.1 Å². The van der Waals surface area contributed by atoms with Gasteiger partial charge in [0, 0.05) is 11.9 Å². The normalized spacial score (nSPS) is 11.4. The number of hydrogen-bond donors (Lipinski definition) is 2. The summed E-state index contributed by atoms with van der Waals surface area (Å²) in [7, 11) is 1.53. The molecule has 0 aliphatic heterocycles. The van der Waals surface area contributed by atoms with Gasteiger partial charge in [-0.2, -0.15) is 0 Å². The topological polar surface area (TPSA) is 80.7 Å². The summed E-state index contributed by atoms with van der Waals surface area (Å²) in [6.07, 6.45) is 1.70. The van der Waals surface area contributed by atoms with Crippen LogP contribution in [0.25, 0.3) is 0 Å². The monoisotopic (exact) mass is 323 g/mol. The third-order valence-corrected chi connectivity index (χ3v) is 4.24. The molecule has 0 unspecified atom stereocenters. The van der Waals surface area contributed by atoms with Crippen LogP contribution in [0.4, 0.5) is 0 Å². The standard InChI is InChI=1S/C14H14ClN3O2S/c1-20-12-5-4-9(7-10(12)13(16)18-19)8-21-14-11(15)3-2-6-17-14/h2-7,19H,8H2,1H3,(H2,16,18). The highest BCUT2D eigenvalue weighted by atomic mass is 35.5. The van der Waals surface area contributed by atoms with Crippen LogP contribution >= 0.6 is 23.4 Å². The van der Waals surface area contributed by atoms with Gasteiger partial charge in [0.2, 0.25) is 0 Å². The number of rotatable bonds is 5. The molecule has 0 amide bonds. The van der Waals surface area contributed by atoms with Crippen molar-refractivity contribution in [2.24, 2.45) is 10.9 Å². The van der Waals surface area contributed by atoms with Crippen LogP contribution in [0.5, 0.6) is 5.75 Å². The third kappa shape index (κ3) is 3.80. The summed E-state index contributed by atoms with van der Waals surface area (Å²) in [5.74, 6) is 1.22. The van der Waals surface area contributed by atoms with Crippen molar-refractivity contribution in [3.8, 4) is 5.75 Å². The molecule has 0 aliphatic rings. The number of oxime groups is 1. The van der Waals surface area contributed by atoms with Crippen LogP contribution in [0, 0.1) is 0 Å². The lowest BCUT2D eigenvalue weighted by Crippen LogP contribution is -2.14. The Morgan fingerprint density at radius 3 is 2.95 bits per heavy atom. The highest BCUT2D eigenvalue weighted by Crippen LogP contribution is 2.29. The number of thioether (sulfide) groups is 1. The van der Waals surface area contributed by atoms with Crippen molar-refractivity contribution in [1.82, 2.24) is 4.98 Å². The molecule has 110 valence electrons. The summed E-state index contributed by atoms with van der Waals surface area (Å²) in [5, 5.41) is 13.2. The van der Waals surface area contributed by atoms with Gasteiger partial charge in [-0.3, -0.25) is 0 Å². The van der Waals surface area contributed by atoms with Crippen LogP contribution in [0.3, 0.4) is 0 Å². The number of pyridine rings is 1. The number of halogens is 1. The number of aromatic nitrogens is 1. The zero-order valence-electron chi connectivity index (χ0n) is 11.3. The number of benzene rings is 1. The minimum Gasteiger partial charge on any atom is -0.496 e. The molecule has 0 spiro atoms. The summed E-state index contributed by atoms with van der Waals surface area (Å²) in [6.45, 7) is 0. The predicted molar refractivity (Wildman–Crippen MR) is 84.3 cm³/mol. The molecule has 5 nitrogen and oxygen atoms in total. The van der Waals surface area contributed by atoms with E-state index in [0.717, 1.165) is 10.6 Å². The van der Waals surface area contributed by atoms with Gasteiger partial charge in [0.25, 0.3) is 0 Å². The van der Waals surface area contributed by atoms with Crippen molar-refractivity contribution < 1.29 is 9.94 Å². The quantitative estimate of drug-likeness (QED) is 0.290. The molecule has 0 aliphatic carbocycles. The molecule has 0 saturated heterocycles. The first-order valence-electron chi connectivity index (χ1n) is 6.04. The Hall–Kier alpha value is -1.92. The average molecular weight is 324 g/mol. The predicted octanol–water partition coefficient (Wildman–Crippen LogP) is 3.13. The lowest BCUT2D eigenvalue weighted by Gasteiger charge is -2.09. The zero-order valence-corrected chi connectivity index (χ0v) is 12.9. The first kappa shape index (κ1) is 15.5. The highest BCUT2D eigenvalue weighted by Gasteiger charge is 2.10. The minimum absolute atomic E-state index is 0.00886. The molecule has 0 radical (unpaired) electrons. The van der Waals surface area contributed by atoms with Crippen LogP contribution in [0.2, 0.25) is 5.02 Å². The van der Waals surface area contributed by atoms with Gasteiger partial charge in [-0.1, -0.05) is 22.8 Å². The second kappa shape index (κ2) is 7.19. The van der Waals surface area contributed by atoms with Gasteiger partial charge in [-0.15, -0.1) is 11.8 Å². The van der Waals surface area contributed by atoms with E-state index in [9.17, 15) is 0 Å². The Kier molecular flexibility index (Phi) is 5.30. The Balaban J connectivity index is 2.20. The van der Waals surface area contributed by atoms with E-state index in [4.69, 9.17) is 27.3 Å². The van der Waals surface area contributed by atoms with Gasteiger partial charge in [-0.05, 0) is 29.8 Å². The maximum Gasteiger partial charge on any atom is 0.173 e. The van der Waals surface area contributed by atoms with Crippen LogP contribution < -0.4 is 10.5 Å². The van der Waals surface area contributed by atoms with E-state index in [1.165, 1.54) is 18.9 Å². The molecule has 0 fully saturated rings. The number of nitrogens with two attached hydrogens (primary N) is 1. The Labute approximate surface area is 131 Å². The average Bonchev–Trinajstić information content (AvgIpc) is 2.53. The van der Waals surface area contributed by atoms with E-state index in [1.54, 1.807) is 24.4 Å². The molecule has 1 aromatic heterocycles. The number of methoxy groups -OCH3 is 1. The van der Waals surface area contributed by atoms with E-state index in [1.807, 2.05) is 12.1 Å². The van der Waals surface area contributed by atoms with Crippen molar-refractivity contribution in [1.29, 1.82) is 0 Å². The molecule has 0 atom stereocenters. The second-order valence-electron chi connectivity index (χ2n) is 4.10. The highest BCUT2D eigenvalue weighted by molar-refractivity contribution is 7.98. The molecule has 1 heterocycles. The van der Waals surface area contributed by atoms with Gasteiger partial charge in [0.1, 0.15) is 10.8 Å². The lowest BCUT2D eigenvalue weighted by atomic mass is 10.1. The van der Waals surface area contributed by atoms with E-state index in [2.05, 4.69) is 10.1 Å². The fourth-order valence-corrected chi connectivity index (χ4v) is 2.84. The van der Waals surface area contributed by atoms with Crippen LogP contribution in [-0.4, -0.2) is 23.1 Å². The van der Waals surface area contributed by atoms with Crippen LogP contribution in [-0.2, 0) is 5.75 Å². The Bertz CT molecular complexity index is 664. The lowest BCUT2D eigenvalue weighted by molar-refractivity contribution is 0.318. The summed E-state index contributed by atoms with van der Waals surface area (Å²) < 4.78 is 5.19. The largest absolute Gasteiger partial charge is 0.496 e. The minimum atomic E-state index is 0.00886. The molecule has 2 rings (SSSR count). The zero-order chi connectivity index (χ0) is 15.2. The van der Waals surface area contributed by atoms with Gasteiger partial charge in [0.15, 0.2) is 5.84 Å². The van der Waals surface area contributed by atoms with Gasteiger partial charge in [-0.25, -0.2) is 4.98 Å². The number of amidine groups is 1. The SMILES string of the molecule is COc1ccc(CSc2ncccc2Cl)cc1C(N)=NO. The first-order chi connectivity index (χ1) is 10.2. The van der Waals surface area contributed by atoms with Crippen molar-refractivity contribution in [3.05, 3.63) is 52.7 Å². The van der Waals surface area contributed by atoms with Crippen molar-refractivity contribution in [3.63, 3.8) is 0 Å². The Morgan fingerprint density at radius 2 is 2.29 bits per heavy atom. The fraction of sp³-hybridized carbons (Fsp3) is 0.143. The summed E-state index contributed by atoms with van der Waals surface area (Å²) in [5.41, 5.74) is 7.19. The van der Waals surface area contributed by atoms with Crippen LogP contribution in [0.1, 0.15) is 11.1 Å². The Morgan fingerprint density at radius 1 is 1.48 bits per heavy atom. The van der Waals surface area contributed by atoms with Gasteiger partial charge in [0.05, 0.1) is 17.7 Å². The molecule has 0 saturated carbocycles. The first-order valence-corrected chi connectivity index (χ1v) is 7.40. The van der Waals surface area contributed by atoms with Crippen molar-refractivity contribution >= 4 is 29.2 Å². The summed E-state index contributed by atoms with van der Waals surface area (Å²) in [4.78, 5) is 4.22. The molecule has 7 heteroatoms. The molecular weight excluding hydrogens is 310 g/mol. The number of hydrogen-bond acceptors (Lipinski definition) is 5. The molecular formula is C14H14ClN3O2S. The van der Waals surface area contributed by atoms with Gasteiger partial charge < -0.3 is 15.7 Å².